The van der Waals surface area contributed by atoms with Crippen LogP contribution in [-0.4, -0.2) is 84.2 Å². The quantitative estimate of drug-likeness (QED) is 0.283. The second-order valence-electron chi connectivity index (χ2n) is 10.1. The van der Waals surface area contributed by atoms with Crippen molar-refractivity contribution < 1.29 is 19.1 Å². The second kappa shape index (κ2) is 13.7. The average molecular weight is 588 g/mol. The first kappa shape index (κ1) is 29.3. The Bertz CT molecular complexity index is 1510. The van der Waals surface area contributed by atoms with Crippen LogP contribution in [0.2, 0.25) is 5.02 Å². The molecule has 1 aromatic heterocycles. The van der Waals surface area contributed by atoms with Crippen LogP contribution in [0.5, 0.6) is 5.75 Å². The number of carbonyl (C=O) groups excluding carboxylic acids is 2. The normalized spacial score (nSPS) is 13.5. The summed E-state index contributed by atoms with van der Waals surface area (Å²) in [6.07, 6.45) is 1.88. The van der Waals surface area contributed by atoms with Gasteiger partial charge in [-0.05, 0) is 55.5 Å². The number of hydrogen-bond acceptors (Lipinski definition) is 6. The topological polar surface area (TPSA) is 88.9 Å². The average Bonchev–Trinajstić information content (AvgIpc) is 3.43. The Labute approximate surface area is 250 Å². The molecule has 0 bridgehead atoms. The molecule has 0 saturated carbocycles. The summed E-state index contributed by atoms with van der Waals surface area (Å²) in [4.78, 5) is 35.6. The molecule has 0 radical (unpaired) electrons. The molecule has 0 atom stereocenters. The lowest BCUT2D eigenvalue weighted by Crippen LogP contribution is -2.45. The number of carbonyl (C=O) groups is 2. The number of rotatable bonds is 10. The van der Waals surface area contributed by atoms with Crippen LogP contribution in [0.25, 0.3) is 16.9 Å². The van der Waals surface area contributed by atoms with Crippen molar-refractivity contribution in [3.8, 4) is 22.7 Å². The van der Waals surface area contributed by atoms with Gasteiger partial charge in [-0.25, -0.2) is 4.98 Å². The van der Waals surface area contributed by atoms with Gasteiger partial charge in [-0.15, -0.1) is 0 Å². The summed E-state index contributed by atoms with van der Waals surface area (Å²) in [7, 11) is 1.62. The minimum atomic E-state index is -0.363. The van der Waals surface area contributed by atoms with E-state index in [4.69, 9.17) is 26.1 Å². The zero-order valence-corrected chi connectivity index (χ0v) is 24.5. The molecule has 0 aliphatic carbocycles. The van der Waals surface area contributed by atoms with E-state index in [1.807, 2.05) is 66.2 Å². The fraction of sp³-hybridized carbons (Fsp3) is 0.281. The molecule has 1 fully saturated rings. The van der Waals surface area contributed by atoms with E-state index < -0.39 is 0 Å². The second-order valence-corrected chi connectivity index (χ2v) is 10.5. The molecule has 1 saturated heterocycles. The lowest BCUT2D eigenvalue weighted by Gasteiger charge is -2.30. The molecule has 10 heteroatoms. The third-order valence-electron chi connectivity index (χ3n) is 7.17. The van der Waals surface area contributed by atoms with E-state index in [1.165, 1.54) is 4.90 Å². The number of benzene rings is 3. The van der Waals surface area contributed by atoms with Crippen molar-refractivity contribution in [3.63, 3.8) is 0 Å². The van der Waals surface area contributed by atoms with Crippen LogP contribution < -0.4 is 10.1 Å². The predicted octanol–water partition coefficient (Wildman–Crippen LogP) is 4.92. The standard InChI is InChI=1S/C32H34ClN5O4/c1-23-7-11-25(12-8-23)38-21-29(24-9-13-26(41-2)14-10-24)34-32(38)35-30(39)22-37(16-15-36-17-19-42-20-18-36)31(40)27-5-3-4-6-28(27)33/h3-14,21H,15-20,22H2,1-2H3,(H,34,35,39). The highest BCUT2D eigenvalue weighted by atomic mass is 35.5. The SMILES string of the molecule is COc1ccc(-c2cn(-c3ccc(C)cc3)c(NC(=O)CN(CCN3CCOCC3)C(=O)c3ccccc3Cl)n2)cc1. The number of halogens is 1. The molecule has 3 aromatic carbocycles. The van der Waals surface area contributed by atoms with Gasteiger partial charge in [0.15, 0.2) is 0 Å². The van der Waals surface area contributed by atoms with E-state index in [2.05, 4.69) is 10.2 Å². The minimum absolute atomic E-state index is 0.160. The predicted molar refractivity (Wildman–Crippen MR) is 164 cm³/mol. The molecule has 218 valence electrons. The van der Waals surface area contributed by atoms with E-state index in [-0.39, 0.29) is 18.4 Å². The number of nitrogens with one attached hydrogen (secondary N) is 1. The highest BCUT2D eigenvalue weighted by Crippen LogP contribution is 2.26. The summed E-state index contributed by atoms with van der Waals surface area (Å²) in [5, 5.41) is 3.30. The minimum Gasteiger partial charge on any atom is -0.497 e. The zero-order valence-electron chi connectivity index (χ0n) is 23.8. The van der Waals surface area contributed by atoms with E-state index in [0.717, 1.165) is 35.7 Å². The molecular formula is C32H34ClN5O4. The number of hydrogen-bond donors (Lipinski definition) is 1. The third kappa shape index (κ3) is 7.17. The maximum Gasteiger partial charge on any atom is 0.255 e. The highest BCUT2D eigenvalue weighted by Gasteiger charge is 2.23. The maximum atomic E-state index is 13.6. The number of nitrogens with zero attached hydrogens (tertiary/aromatic N) is 4. The van der Waals surface area contributed by atoms with Crippen molar-refractivity contribution >= 4 is 29.4 Å². The smallest absolute Gasteiger partial charge is 0.255 e. The number of anilines is 1. The summed E-state index contributed by atoms with van der Waals surface area (Å²) < 4.78 is 12.6. The monoisotopic (exact) mass is 587 g/mol. The van der Waals surface area contributed by atoms with Crippen molar-refractivity contribution in [2.45, 2.75) is 6.92 Å². The molecule has 4 aromatic rings. The molecule has 9 nitrogen and oxygen atoms in total. The van der Waals surface area contributed by atoms with Crippen molar-refractivity contribution in [2.75, 3.05) is 58.4 Å². The van der Waals surface area contributed by atoms with Gasteiger partial charge in [0, 0.05) is 43.6 Å². The first-order valence-corrected chi connectivity index (χ1v) is 14.2. The Balaban J connectivity index is 1.39. The molecule has 1 N–H and O–H groups in total. The molecule has 1 aliphatic rings. The van der Waals surface area contributed by atoms with Crippen molar-refractivity contribution in [1.82, 2.24) is 19.4 Å². The van der Waals surface area contributed by atoms with Crippen LogP contribution >= 0.6 is 11.6 Å². The number of amides is 2. The van der Waals surface area contributed by atoms with E-state index in [0.29, 0.717) is 48.5 Å². The van der Waals surface area contributed by atoms with E-state index in [9.17, 15) is 9.59 Å². The fourth-order valence-corrected chi connectivity index (χ4v) is 4.97. The Morgan fingerprint density at radius 2 is 1.74 bits per heavy atom. The Hall–Kier alpha value is -4.18. The van der Waals surface area contributed by atoms with E-state index >= 15 is 0 Å². The molecule has 5 rings (SSSR count). The third-order valence-corrected chi connectivity index (χ3v) is 7.50. The first-order valence-electron chi connectivity index (χ1n) is 13.9. The Kier molecular flexibility index (Phi) is 9.53. The van der Waals surface area contributed by atoms with Crippen LogP contribution in [-0.2, 0) is 9.53 Å². The van der Waals surface area contributed by atoms with Crippen molar-refractivity contribution in [1.29, 1.82) is 0 Å². The molecule has 2 heterocycles. The molecule has 0 unspecified atom stereocenters. The van der Waals surface area contributed by atoms with Crippen molar-refractivity contribution in [2.24, 2.45) is 0 Å². The molecule has 42 heavy (non-hydrogen) atoms. The van der Waals surface area contributed by atoms with Crippen LogP contribution in [0, 0.1) is 6.92 Å². The molecule has 2 amide bonds. The summed E-state index contributed by atoms with van der Waals surface area (Å²) in [6.45, 7) is 5.70. The lowest BCUT2D eigenvalue weighted by atomic mass is 10.1. The number of imidazole rings is 1. The number of aryl methyl sites for hydroxylation is 1. The number of methoxy groups -OCH3 is 1. The first-order chi connectivity index (χ1) is 20.4. The van der Waals surface area contributed by atoms with Gasteiger partial charge in [0.05, 0.1) is 36.6 Å². The maximum absolute atomic E-state index is 13.6. The molecule has 0 spiro atoms. The van der Waals surface area contributed by atoms with Gasteiger partial charge in [-0.1, -0.05) is 41.4 Å². The van der Waals surface area contributed by atoms with Gasteiger partial charge >= 0.3 is 0 Å². The fourth-order valence-electron chi connectivity index (χ4n) is 4.75. The van der Waals surface area contributed by atoms with Gasteiger partial charge in [-0.2, -0.15) is 0 Å². The van der Waals surface area contributed by atoms with Gasteiger partial charge in [0.1, 0.15) is 12.3 Å². The van der Waals surface area contributed by atoms with Crippen molar-refractivity contribution in [3.05, 3.63) is 95.1 Å². The number of ether oxygens (including phenoxy) is 2. The van der Waals surface area contributed by atoms with Crippen LogP contribution in [0.3, 0.4) is 0 Å². The van der Waals surface area contributed by atoms with Gasteiger partial charge in [0.25, 0.3) is 5.91 Å². The summed E-state index contributed by atoms with van der Waals surface area (Å²) in [6, 6.07) is 22.4. The highest BCUT2D eigenvalue weighted by molar-refractivity contribution is 6.33. The summed E-state index contributed by atoms with van der Waals surface area (Å²) in [5.74, 6) is 0.432. The Morgan fingerprint density at radius 1 is 1.02 bits per heavy atom. The van der Waals surface area contributed by atoms with Crippen LogP contribution in [0.1, 0.15) is 15.9 Å². The largest absolute Gasteiger partial charge is 0.497 e. The zero-order chi connectivity index (χ0) is 29.5. The summed E-state index contributed by atoms with van der Waals surface area (Å²) in [5.41, 5.74) is 3.88. The number of morpholine rings is 1. The Morgan fingerprint density at radius 3 is 2.43 bits per heavy atom. The van der Waals surface area contributed by atoms with Gasteiger partial charge in [0.2, 0.25) is 11.9 Å². The lowest BCUT2D eigenvalue weighted by molar-refractivity contribution is -0.117. The van der Waals surface area contributed by atoms with E-state index in [1.54, 1.807) is 31.4 Å². The van der Waals surface area contributed by atoms with Gasteiger partial charge < -0.3 is 14.4 Å². The molecular weight excluding hydrogens is 554 g/mol. The summed E-state index contributed by atoms with van der Waals surface area (Å²) >= 11 is 6.36. The number of aromatic nitrogens is 2. The van der Waals surface area contributed by atoms with Crippen LogP contribution in [0.4, 0.5) is 5.95 Å². The molecule has 1 aliphatic heterocycles. The van der Waals surface area contributed by atoms with Crippen LogP contribution in [0.15, 0.2) is 79.0 Å². The van der Waals surface area contributed by atoms with Gasteiger partial charge in [-0.3, -0.25) is 24.4 Å².